The predicted molar refractivity (Wildman–Crippen MR) is 156 cm³/mol. The lowest BCUT2D eigenvalue weighted by atomic mass is 9.59. The zero-order valence-electron chi connectivity index (χ0n) is 23.1. The summed E-state index contributed by atoms with van der Waals surface area (Å²) in [5.74, 6) is 2.14. The topological polar surface area (TPSA) is 127 Å². The van der Waals surface area contributed by atoms with E-state index >= 15 is 0 Å². The number of ether oxygens (including phenoxy) is 1. The minimum Gasteiger partial charge on any atom is -0.358 e. The van der Waals surface area contributed by atoms with Gasteiger partial charge in [-0.05, 0) is 93.4 Å². The Labute approximate surface area is 250 Å². The molecule has 7 aliphatic rings. The first-order valence-electron chi connectivity index (χ1n) is 15.6. The van der Waals surface area contributed by atoms with Crippen molar-refractivity contribution in [2.75, 3.05) is 13.1 Å². The van der Waals surface area contributed by atoms with Gasteiger partial charge in [-0.15, -0.1) is 0 Å². The molecule has 2 saturated carbocycles. The van der Waals surface area contributed by atoms with Crippen molar-refractivity contribution in [3.8, 4) is 6.07 Å². The Balaban J connectivity index is 0.950. The smallest absolute Gasteiger partial charge is 0.231 e. The molecule has 11 unspecified atom stereocenters. The van der Waals surface area contributed by atoms with Crippen LogP contribution < -0.4 is 26.0 Å². The second-order valence-corrected chi connectivity index (χ2v) is 15.8. The lowest BCUT2D eigenvalue weighted by Gasteiger charge is -2.49. The molecule has 11 atom stereocenters. The largest absolute Gasteiger partial charge is 0.358 e. The van der Waals surface area contributed by atoms with Gasteiger partial charge in [-0.1, -0.05) is 15.9 Å². The summed E-state index contributed by atoms with van der Waals surface area (Å²) in [5, 5.41) is 24.2. The Kier molecular flexibility index (Phi) is 7.89. The van der Waals surface area contributed by atoms with Crippen molar-refractivity contribution in [3.63, 3.8) is 0 Å². The zero-order valence-corrected chi connectivity index (χ0v) is 25.5. The fourth-order valence-electron chi connectivity index (χ4n) is 9.74. The molecule has 7 rings (SSSR count). The zero-order chi connectivity index (χ0) is 27.4. The van der Waals surface area contributed by atoms with Crippen LogP contribution in [0.3, 0.4) is 0 Å². The monoisotopic (exact) mass is 634 g/mol. The number of carbonyl (C=O) groups excluding carboxylic acids is 2. The van der Waals surface area contributed by atoms with Crippen LogP contribution in [0.4, 0.5) is 0 Å². The number of nitriles is 1. The highest BCUT2D eigenvalue weighted by Gasteiger charge is 2.56. The summed E-state index contributed by atoms with van der Waals surface area (Å²) >= 11 is 5.40. The van der Waals surface area contributed by atoms with Gasteiger partial charge in [0, 0.05) is 48.4 Å². The number of halogens is 1. The number of amides is 2. The number of carbonyl (C=O) groups is 2. The summed E-state index contributed by atoms with van der Waals surface area (Å²) in [5.41, 5.74) is 0.437. The van der Waals surface area contributed by atoms with E-state index in [4.69, 9.17) is 4.74 Å². The molecule has 5 aliphatic heterocycles. The fraction of sp³-hybridized carbons (Fsp3) is 0.897. The van der Waals surface area contributed by atoms with E-state index in [0.717, 1.165) is 31.7 Å². The van der Waals surface area contributed by atoms with Gasteiger partial charge in [-0.3, -0.25) is 24.9 Å². The number of fused-ring (bicyclic) bond motifs is 3. The Bertz CT molecular complexity index is 1040. The summed E-state index contributed by atoms with van der Waals surface area (Å²) < 4.78 is 8.71. The van der Waals surface area contributed by atoms with E-state index in [9.17, 15) is 14.9 Å². The molecule has 1 spiro atoms. The second kappa shape index (κ2) is 11.3. The van der Waals surface area contributed by atoms with Gasteiger partial charge in [0.2, 0.25) is 11.8 Å². The lowest BCUT2D eigenvalue weighted by Crippen LogP contribution is -2.61. The maximum Gasteiger partial charge on any atom is 0.231 e. The molecule has 40 heavy (non-hydrogen) atoms. The van der Waals surface area contributed by atoms with Gasteiger partial charge in [0.15, 0.2) is 0 Å². The van der Waals surface area contributed by atoms with Crippen molar-refractivity contribution in [2.45, 2.75) is 117 Å². The summed E-state index contributed by atoms with van der Waals surface area (Å²) in [6, 6.07) is 3.54. The molecule has 2 amide bonds. The van der Waals surface area contributed by atoms with Gasteiger partial charge in [0.1, 0.15) is 6.10 Å². The van der Waals surface area contributed by atoms with Gasteiger partial charge in [-0.25, -0.2) is 0 Å². The third-order valence-electron chi connectivity index (χ3n) is 11.7. The molecule has 0 aromatic rings. The second-order valence-electron chi connectivity index (χ2n) is 13.7. The third-order valence-corrected chi connectivity index (χ3v) is 13.9. The van der Waals surface area contributed by atoms with Gasteiger partial charge < -0.3 is 15.4 Å². The standard InChI is InChI=1S/C29H43BrN6O3S/c30-26-22-10-19(12-31)39-24(22)14-32-27(26)35-17-3-5-29(6-4-17)15-1-2-16(29)8-23-21(9-18(7-15)34-23)28(38)33-13-20-11-25(37)36-40-20/h15-24,26-27,32,34-35H,1-11,13-14H2,(H,33,38)(H,36,37). The van der Waals surface area contributed by atoms with Crippen LogP contribution in [0.15, 0.2) is 0 Å². The highest BCUT2D eigenvalue weighted by molar-refractivity contribution is 9.09. The fourth-order valence-corrected chi connectivity index (χ4v) is 11.4. The summed E-state index contributed by atoms with van der Waals surface area (Å²) in [6.45, 7) is 1.38. The van der Waals surface area contributed by atoms with Gasteiger partial charge in [-0.2, -0.15) is 5.26 Å². The molecule has 0 aromatic carbocycles. The van der Waals surface area contributed by atoms with Crippen LogP contribution in [0, 0.1) is 40.4 Å². The molecule has 0 radical (unpaired) electrons. The van der Waals surface area contributed by atoms with E-state index in [0.29, 0.717) is 42.3 Å². The Morgan fingerprint density at radius 2 is 1.95 bits per heavy atom. The average molecular weight is 636 g/mol. The van der Waals surface area contributed by atoms with Crippen LogP contribution >= 0.6 is 27.9 Å². The first-order valence-corrected chi connectivity index (χ1v) is 17.4. The molecule has 7 fully saturated rings. The van der Waals surface area contributed by atoms with E-state index in [1.54, 1.807) is 0 Å². The number of hydrogen-bond donors (Lipinski definition) is 5. The van der Waals surface area contributed by atoms with E-state index < -0.39 is 0 Å². The van der Waals surface area contributed by atoms with E-state index in [1.807, 2.05) is 0 Å². The van der Waals surface area contributed by atoms with Crippen LogP contribution in [0.25, 0.3) is 0 Å². The highest BCUT2D eigenvalue weighted by Crippen LogP contribution is 2.61. The molecular weight excluding hydrogens is 592 g/mol. The lowest BCUT2D eigenvalue weighted by molar-refractivity contribution is -0.125. The molecule has 220 valence electrons. The summed E-state index contributed by atoms with van der Waals surface area (Å²) in [6.07, 6.45) is 12.3. The first kappa shape index (κ1) is 27.9. The van der Waals surface area contributed by atoms with Crippen LogP contribution in [0.2, 0.25) is 0 Å². The van der Waals surface area contributed by atoms with E-state index in [2.05, 4.69) is 48.0 Å². The Hall–Kier alpha value is -0.900. The van der Waals surface area contributed by atoms with Crippen LogP contribution in [0.5, 0.6) is 0 Å². The summed E-state index contributed by atoms with van der Waals surface area (Å²) in [7, 11) is 0. The van der Waals surface area contributed by atoms with Gasteiger partial charge in [0.05, 0.1) is 29.5 Å². The van der Waals surface area contributed by atoms with Crippen molar-refractivity contribution in [2.24, 2.45) is 29.1 Å². The minimum atomic E-state index is -0.273. The molecule has 0 aromatic heterocycles. The molecule has 5 heterocycles. The average Bonchev–Trinajstić information content (AvgIpc) is 3.74. The molecule has 9 nitrogen and oxygen atoms in total. The maximum absolute atomic E-state index is 13.3. The van der Waals surface area contributed by atoms with Crippen molar-refractivity contribution in [3.05, 3.63) is 0 Å². The van der Waals surface area contributed by atoms with Crippen LogP contribution in [0.1, 0.15) is 70.6 Å². The molecule has 4 bridgehead atoms. The minimum absolute atomic E-state index is 0.0479. The third kappa shape index (κ3) is 5.13. The number of hydrogen-bond acceptors (Lipinski definition) is 8. The SMILES string of the molecule is N#CC1CC2C(CNC(NC3CCC4(CC3)C3CCC4CC4NC(CC4C(=O)NCC4CC(=O)NS4)C3)C2Br)O1. The summed E-state index contributed by atoms with van der Waals surface area (Å²) in [4.78, 5) is 25.1. The van der Waals surface area contributed by atoms with Crippen LogP contribution in [-0.2, 0) is 14.3 Å². The van der Waals surface area contributed by atoms with Crippen LogP contribution in [-0.4, -0.2) is 71.5 Å². The highest BCUT2D eigenvalue weighted by atomic mass is 79.9. The van der Waals surface area contributed by atoms with Crippen molar-refractivity contribution in [1.82, 2.24) is 26.0 Å². The van der Waals surface area contributed by atoms with E-state index in [1.165, 1.54) is 56.9 Å². The number of rotatable bonds is 5. The Morgan fingerprint density at radius 1 is 1.15 bits per heavy atom. The molecule has 5 saturated heterocycles. The number of alkyl halides is 1. The van der Waals surface area contributed by atoms with Crippen molar-refractivity contribution < 1.29 is 14.3 Å². The molecule has 2 aliphatic carbocycles. The maximum atomic E-state index is 13.3. The quantitative estimate of drug-likeness (QED) is 0.230. The number of piperidine rings is 1. The Morgan fingerprint density at radius 3 is 2.70 bits per heavy atom. The number of nitrogens with zero attached hydrogens (tertiary/aromatic N) is 1. The van der Waals surface area contributed by atoms with Crippen molar-refractivity contribution in [1.29, 1.82) is 5.26 Å². The first-order chi connectivity index (χ1) is 19.4. The van der Waals surface area contributed by atoms with E-state index in [-0.39, 0.29) is 52.2 Å². The number of nitrogens with one attached hydrogen (secondary N) is 5. The normalized spacial score (nSPS) is 49.6. The van der Waals surface area contributed by atoms with Crippen molar-refractivity contribution >= 4 is 39.7 Å². The molecule has 11 heteroatoms. The van der Waals surface area contributed by atoms with Gasteiger partial charge in [0.25, 0.3) is 0 Å². The molecule has 5 N–H and O–H groups in total. The predicted octanol–water partition coefficient (Wildman–Crippen LogP) is 2.31. The van der Waals surface area contributed by atoms with Gasteiger partial charge >= 0.3 is 0 Å². The molecular formula is C29H43BrN6O3S.